The fraction of sp³-hybridized carbons (Fsp3) is 0.923. The third kappa shape index (κ3) is 3.96. The summed E-state index contributed by atoms with van der Waals surface area (Å²) in [5, 5.41) is 0. The van der Waals surface area contributed by atoms with Crippen LogP contribution in [0.4, 0.5) is 0 Å². The Morgan fingerprint density at radius 1 is 1.47 bits per heavy atom. The van der Waals surface area contributed by atoms with Gasteiger partial charge >= 0.3 is 5.97 Å². The summed E-state index contributed by atoms with van der Waals surface area (Å²) in [6.45, 7) is 9.44. The molecule has 0 saturated carbocycles. The molecule has 1 saturated heterocycles. The fourth-order valence-corrected chi connectivity index (χ4v) is 2.28. The molecule has 0 aromatic rings. The van der Waals surface area contributed by atoms with Crippen molar-refractivity contribution in [1.29, 1.82) is 0 Å². The maximum atomic E-state index is 11.5. The molecule has 0 aliphatic carbocycles. The van der Waals surface area contributed by atoms with Crippen molar-refractivity contribution in [2.75, 3.05) is 26.7 Å². The largest absolute Gasteiger partial charge is 0.468 e. The lowest BCUT2D eigenvalue weighted by molar-refractivity contribution is -0.146. The van der Waals surface area contributed by atoms with Crippen molar-refractivity contribution in [2.45, 2.75) is 39.2 Å². The predicted octanol–water partition coefficient (Wildman–Crippen LogP) is 1.24. The fourth-order valence-electron chi connectivity index (χ4n) is 2.28. The summed E-state index contributed by atoms with van der Waals surface area (Å²) in [6.07, 6.45) is 1.89. The van der Waals surface area contributed by atoms with Gasteiger partial charge in [-0.25, -0.2) is 0 Å². The molecule has 100 valence electrons. The summed E-state index contributed by atoms with van der Waals surface area (Å²) in [5.74, 6) is 1.21. The highest BCUT2D eigenvalue weighted by molar-refractivity contribution is 5.79. The highest BCUT2D eigenvalue weighted by atomic mass is 16.5. The Morgan fingerprint density at radius 3 is 2.65 bits per heavy atom. The molecule has 0 aromatic carbocycles. The Kier molecular flexibility index (Phi) is 4.95. The van der Waals surface area contributed by atoms with Gasteiger partial charge in [0, 0.05) is 13.1 Å². The summed E-state index contributed by atoms with van der Waals surface area (Å²) in [7, 11) is 1.39. The van der Waals surface area contributed by atoms with Crippen LogP contribution in [0.2, 0.25) is 0 Å². The number of carbonyl (C=O) groups excluding carboxylic acids is 1. The van der Waals surface area contributed by atoms with Crippen LogP contribution < -0.4 is 5.73 Å². The van der Waals surface area contributed by atoms with Crippen LogP contribution in [0.25, 0.3) is 0 Å². The van der Waals surface area contributed by atoms with E-state index in [1.807, 2.05) is 0 Å². The number of nitrogens with two attached hydrogens (primary N) is 1. The minimum Gasteiger partial charge on any atom is -0.468 e. The van der Waals surface area contributed by atoms with Gasteiger partial charge in [0.2, 0.25) is 0 Å². The van der Waals surface area contributed by atoms with Gasteiger partial charge in [-0.05, 0) is 38.1 Å². The molecule has 1 aliphatic rings. The first-order chi connectivity index (χ1) is 7.86. The number of ether oxygens (including phenoxy) is 1. The van der Waals surface area contributed by atoms with Crippen molar-refractivity contribution < 1.29 is 9.53 Å². The van der Waals surface area contributed by atoms with Gasteiger partial charge in [0.25, 0.3) is 0 Å². The maximum absolute atomic E-state index is 11.5. The number of likely N-dealkylation sites (tertiary alicyclic amines) is 1. The SMILES string of the molecule is COC(=O)C(C)(N)CCN1CCC(C)C(C)C1. The van der Waals surface area contributed by atoms with E-state index in [0.717, 1.165) is 31.5 Å². The standard InChI is InChI=1S/C13H26N2O2/c1-10-5-7-15(9-11(10)2)8-6-13(3,14)12(16)17-4/h10-11H,5-9,14H2,1-4H3. The maximum Gasteiger partial charge on any atom is 0.325 e. The quantitative estimate of drug-likeness (QED) is 0.754. The molecule has 4 nitrogen and oxygen atoms in total. The lowest BCUT2D eigenvalue weighted by Crippen LogP contribution is -2.49. The number of methoxy groups -OCH3 is 1. The highest BCUT2D eigenvalue weighted by Crippen LogP contribution is 2.23. The first kappa shape index (κ1) is 14.5. The van der Waals surface area contributed by atoms with Crippen molar-refractivity contribution in [3.8, 4) is 0 Å². The van der Waals surface area contributed by atoms with E-state index in [0.29, 0.717) is 6.42 Å². The molecule has 3 atom stereocenters. The predicted molar refractivity (Wildman–Crippen MR) is 68.6 cm³/mol. The van der Waals surface area contributed by atoms with Crippen molar-refractivity contribution in [3.63, 3.8) is 0 Å². The van der Waals surface area contributed by atoms with E-state index >= 15 is 0 Å². The number of piperidine rings is 1. The number of nitrogens with zero attached hydrogens (tertiary/aromatic N) is 1. The number of hydrogen-bond donors (Lipinski definition) is 1. The number of carbonyl (C=O) groups is 1. The van der Waals surface area contributed by atoms with Crippen molar-refractivity contribution in [2.24, 2.45) is 17.6 Å². The second kappa shape index (κ2) is 5.83. The van der Waals surface area contributed by atoms with Crippen LogP contribution >= 0.6 is 0 Å². The van der Waals surface area contributed by atoms with E-state index in [4.69, 9.17) is 10.5 Å². The second-order valence-electron chi connectivity index (χ2n) is 5.70. The second-order valence-corrected chi connectivity index (χ2v) is 5.70. The Bertz CT molecular complexity index is 266. The van der Waals surface area contributed by atoms with Gasteiger partial charge in [0.05, 0.1) is 7.11 Å². The van der Waals surface area contributed by atoms with E-state index in [1.54, 1.807) is 6.92 Å². The lowest BCUT2D eigenvalue weighted by Gasteiger charge is -2.36. The molecule has 1 fully saturated rings. The molecule has 2 N–H and O–H groups in total. The van der Waals surface area contributed by atoms with Crippen LogP contribution in [0.1, 0.15) is 33.6 Å². The minimum atomic E-state index is -0.860. The topological polar surface area (TPSA) is 55.6 Å². The molecule has 0 spiro atoms. The van der Waals surface area contributed by atoms with E-state index < -0.39 is 5.54 Å². The highest BCUT2D eigenvalue weighted by Gasteiger charge is 2.31. The average molecular weight is 242 g/mol. The van der Waals surface area contributed by atoms with E-state index in [-0.39, 0.29) is 5.97 Å². The van der Waals surface area contributed by atoms with Crippen LogP contribution in [0.15, 0.2) is 0 Å². The van der Waals surface area contributed by atoms with Crippen molar-refractivity contribution >= 4 is 5.97 Å². The first-order valence-corrected chi connectivity index (χ1v) is 6.46. The molecule has 4 heteroatoms. The van der Waals surface area contributed by atoms with Crippen LogP contribution in [0, 0.1) is 11.8 Å². The molecular weight excluding hydrogens is 216 g/mol. The Balaban J connectivity index is 2.38. The number of esters is 1. The van der Waals surface area contributed by atoms with Crippen LogP contribution in [0.3, 0.4) is 0 Å². The lowest BCUT2D eigenvalue weighted by atomic mass is 9.88. The molecule has 1 aliphatic heterocycles. The average Bonchev–Trinajstić information content (AvgIpc) is 2.29. The molecule has 17 heavy (non-hydrogen) atoms. The smallest absolute Gasteiger partial charge is 0.325 e. The number of hydrogen-bond acceptors (Lipinski definition) is 4. The van der Waals surface area contributed by atoms with Crippen molar-refractivity contribution in [3.05, 3.63) is 0 Å². The van der Waals surface area contributed by atoms with E-state index in [1.165, 1.54) is 13.5 Å². The van der Waals surface area contributed by atoms with Crippen LogP contribution in [-0.2, 0) is 9.53 Å². The van der Waals surface area contributed by atoms with Gasteiger partial charge in [-0.3, -0.25) is 4.79 Å². The molecule has 1 rings (SSSR count). The van der Waals surface area contributed by atoms with Crippen molar-refractivity contribution in [1.82, 2.24) is 4.90 Å². The van der Waals surface area contributed by atoms with Gasteiger partial charge < -0.3 is 15.4 Å². The molecule has 3 unspecified atom stereocenters. The first-order valence-electron chi connectivity index (χ1n) is 6.46. The summed E-state index contributed by atoms with van der Waals surface area (Å²) in [6, 6.07) is 0. The molecule has 1 heterocycles. The van der Waals surface area contributed by atoms with E-state index in [2.05, 4.69) is 18.7 Å². The third-order valence-corrected chi connectivity index (χ3v) is 4.02. The van der Waals surface area contributed by atoms with Gasteiger partial charge in [0.15, 0.2) is 0 Å². The number of rotatable bonds is 4. The summed E-state index contributed by atoms with van der Waals surface area (Å²) in [5.41, 5.74) is 5.09. The summed E-state index contributed by atoms with van der Waals surface area (Å²) < 4.78 is 4.71. The third-order valence-electron chi connectivity index (χ3n) is 4.02. The van der Waals surface area contributed by atoms with Gasteiger partial charge in [-0.1, -0.05) is 13.8 Å². The van der Waals surface area contributed by atoms with E-state index in [9.17, 15) is 4.79 Å². The molecule has 0 aromatic heterocycles. The Labute approximate surface area is 104 Å². The Morgan fingerprint density at radius 2 is 2.12 bits per heavy atom. The van der Waals surface area contributed by atoms with Gasteiger partial charge in [-0.2, -0.15) is 0 Å². The normalized spacial score (nSPS) is 29.7. The zero-order chi connectivity index (χ0) is 13.1. The monoisotopic (exact) mass is 242 g/mol. The van der Waals surface area contributed by atoms with Crippen LogP contribution in [0.5, 0.6) is 0 Å². The molecule has 0 bridgehead atoms. The summed E-state index contributed by atoms with van der Waals surface area (Å²) >= 11 is 0. The van der Waals surface area contributed by atoms with Crippen LogP contribution in [-0.4, -0.2) is 43.2 Å². The van der Waals surface area contributed by atoms with Gasteiger partial charge in [-0.15, -0.1) is 0 Å². The Hall–Kier alpha value is -0.610. The van der Waals surface area contributed by atoms with Gasteiger partial charge in [0.1, 0.15) is 5.54 Å². The summed E-state index contributed by atoms with van der Waals surface area (Å²) in [4.78, 5) is 13.9. The zero-order valence-electron chi connectivity index (χ0n) is 11.5. The zero-order valence-corrected chi connectivity index (χ0v) is 11.5. The molecule has 0 radical (unpaired) electrons. The molecule has 0 amide bonds. The molecular formula is C13H26N2O2. The minimum absolute atomic E-state index is 0.323.